The van der Waals surface area contributed by atoms with Crippen LogP contribution in [0.1, 0.15) is 26.7 Å². The lowest BCUT2D eigenvalue weighted by Gasteiger charge is -2.05. The summed E-state index contributed by atoms with van der Waals surface area (Å²) >= 11 is 1.70. The second-order valence-corrected chi connectivity index (χ2v) is 5.23. The number of nitrogens with one attached hydrogen (secondary N) is 1. The molecule has 0 spiro atoms. The van der Waals surface area contributed by atoms with Gasteiger partial charge in [0.15, 0.2) is 5.16 Å². The van der Waals surface area contributed by atoms with E-state index in [1.165, 1.54) is 12.8 Å². The van der Waals surface area contributed by atoms with Crippen LogP contribution < -0.4 is 5.32 Å². The van der Waals surface area contributed by atoms with Gasteiger partial charge in [0.05, 0.1) is 0 Å². The molecule has 1 rings (SSSR count). The summed E-state index contributed by atoms with van der Waals surface area (Å²) in [6.07, 6.45) is 6.14. The Morgan fingerprint density at radius 3 is 2.69 bits per heavy atom. The van der Waals surface area contributed by atoms with E-state index >= 15 is 0 Å². The lowest BCUT2D eigenvalue weighted by Crippen LogP contribution is -2.18. The minimum absolute atomic E-state index is 0.814. The molecule has 1 aromatic heterocycles. The minimum Gasteiger partial charge on any atom is -0.316 e. The quantitative estimate of drug-likeness (QED) is 0.430. The predicted octanol–water partition coefficient (Wildman–Crippen LogP) is 2.59. The zero-order chi connectivity index (χ0) is 11.6. The summed E-state index contributed by atoms with van der Waals surface area (Å²) < 4.78 is 0. The Balaban J connectivity index is 1.93. The van der Waals surface area contributed by atoms with Crippen molar-refractivity contribution in [1.82, 2.24) is 15.3 Å². The van der Waals surface area contributed by atoms with Crippen LogP contribution in [0.5, 0.6) is 0 Å². The molecule has 0 amide bonds. The Hall–Kier alpha value is -0.610. The maximum atomic E-state index is 4.16. The summed E-state index contributed by atoms with van der Waals surface area (Å²) in [4.78, 5) is 8.32. The number of rotatable bonds is 8. The monoisotopic (exact) mass is 239 g/mol. The van der Waals surface area contributed by atoms with Crippen LogP contribution in [0.15, 0.2) is 23.6 Å². The van der Waals surface area contributed by atoms with Gasteiger partial charge in [-0.1, -0.05) is 25.6 Å². The molecule has 16 heavy (non-hydrogen) atoms. The number of nitrogens with zero attached hydrogens (tertiary/aromatic N) is 2. The zero-order valence-electron chi connectivity index (χ0n) is 10.1. The summed E-state index contributed by atoms with van der Waals surface area (Å²) in [5.41, 5.74) is 0. The molecule has 0 aliphatic heterocycles. The number of hydrogen-bond acceptors (Lipinski definition) is 4. The van der Waals surface area contributed by atoms with Gasteiger partial charge in [-0.25, -0.2) is 9.97 Å². The van der Waals surface area contributed by atoms with E-state index < -0.39 is 0 Å². The van der Waals surface area contributed by atoms with Crippen molar-refractivity contribution in [3.05, 3.63) is 18.5 Å². The highest BCUT2D eigenvalue weighted by molar-refractivity contribution is 7.99. The molecular formula is C12H21N3S. The van der Waals surface area contributed by atoms with E-state index in [9.17, 15) is 0 Å². The number of aromatic nitrogens is 2. The van der Waals surface area contributed by atoms with Gasteiger partial charge in [-0.05, 0) is 31.4 Å². The molecule has 0 aliphatic rings. The van der Waals surface area contributed by atoms with E-state index in [-0.39, 0.29) is 0 Å². The van der Waals surface area contributed by atoms with Crippen molar-refractivity contribution in [1.29, 1.82) is 0 Å². The van der Waals surface area contributed by atoms with E-state index in [1.54, 1.807) is 24.2 Å². The Morgan fingerprint density at radius 2 is 2.00 bits per heavy atom. The van der Waals surface area contributed by atoms with Gasteiger partial charge in [-0.3, -0.25) is 0 Å². The van der Waals surface area contributed by atoms with E-state index in [2.05, 4.69) is 29.1 Å². The standard InChI is InChI=1S/C12H21N3S/c1-11(2)5-3-6-13-9-10-16-12-14-7-4-8-15-12/h4,7-8,11,13H,3,5-6,9-10H2,1-2H3. The third-order valence-corrected chi connectivity index (χ3v) is 3.06. The fraction of sp³-hybridized carbons (Fsp3) is 0.667. The van der Waals surface area contributed by atoms with Crippen LogP contribution in [0.2, 0.25) is 0 Å². The largest absolute Gasteiger partial charge is 0.316 e. The van der Waals surface area contributed by atoms with Crippen molar-refractivity contribution in [2.45, 2.75) is 31.8 Å². The molecule has 3 nitrogen and oxygen atoms in total. The molecule has 0 fully saturated rings. The van der Waals surface area contributed by atoms with Gasteiger partial charge in [0.25, 0.3) is 0 Å². The van der Waals surface area contributed by atoms with Gasteiger partial charge in [0.2, 0.25) is 0 Å². The van der Waals surface area contributed by atoms with Crippen LogP contribution in [-0.4, -0.2) is 28.8 Å². The van der Waals surface area contributed by atoms with Gasteiger partial charge in [-0.2, -0.15) is 0 Å². The molecule has 4 heteroatoms. The smallest absolute Gasteiger partial charge is 0.187 e. The third kappa shape index (κ3) is 6.80. The van der Waals surface area contributed by atoms with Crippen molar-refractivity contribution in [2.75, 3.05) is 18.8 Å². The average Bonchev–Trinajstić information content (AvgIpc) is 2.29. The third-order valence-electron chi connectivity index (χ3n) is 2.19. The van der Waals surface area contributed by atoms with Crippen LogP contribution >= 0.6 is 11.8 Å². The van der Waals surface area contributed by atoms with Gasteiger partial charge in [0.1, 0.15) is 0 Å². The summed E-state index contributed by atoms with van der Waals surface area (Å²) in [5, 5.41) is 4.30. The highest BCUT2D eigenvalue weighted by Crippen LogP contribution is 2.09. The molecule has 0 aliphatic carbocycles. The van der Waals surface area contributed by atoms with E-state index in [1.807, 2.05) is 6.07 Å². The molecule has 1 aromatic rings. The van der Waals surface area contributed by atoms with Gasteiger partial charge in [0, 0.05) is 24.7 Å². The van der Waals surface area contributed by atoms with Gasteiger partial charge in [-0.15, -0.1) is 0 Å². The Bertz CT molecular complexity index is 264. The van der Waals surface area contributed by atoms with Crippen LogP contribution in [-0.2, 0) is 0 Å². The molecule has 0 aromatic carbocycles. The van der Waals surface area contributed by atoms with Crippen molar-refractivity contribution in [3.63, 3.8) is 0 Å². The molecule has 0 unspecified atom stereocenters. The highest BCUT2D eigenvalue weighted by Gasteiger charge is 1.96. The second kappa shape index (κ2) is 8.53. The van der Waals surface area contributed by atoms with E-state index in [0.29, 0.717) is 0 Å². The second-order valence-electron chi connectivity index (χ2n) is 4.17. The van der Waals surface area contributed by atoms with E-state index in [0.717, 1.165) is 29.9 Å². The maximum Gasteiger partial charge on any atom is 0.187 e. The summed E-state index contributed by atoms with van der Waals surface area (Å²) in [5.74, 6) is 1.85. The number of hydrogen-bond donors (Lipinski definition) is 1. The van der Waals surface area contributed by atoms with Gasteiger partial charge < -0.3 is 5.32 Å². The summed E-state index contributed by atoms with van der Waals surface area (Å²) in [6, 6.07) is 1.84. The first-order valence-electron chi connectivity index (χ1n) is 5.89. The molecular weight excluding hydrogens is 218 g/mol. The lowest BCUT2D eigenvalue weighted by molar-refractivity contribution is 0.534. The molecule has 0 bridgehead atoms. The zero-order valence-corrected chi connectivity index (χ0v) is 11.0. The van der Waals surface area contributed by atoms with Gasteiger partial charge >= 0.3 is 0 Å². The molecule has 1 heterocycles. The lowest BCUT2D eigenvalue weighted by atomic mass is 10.1. The fourth-order valence-corrected chi connectivity index (χ4v) is 2.03. The summed E-state index contributed by atoms with van der Waals surface area (Å²) in [7, 11) is 0. The first-order valence-corrected chi connectivity index (χ1v) is 6.88. The molecule has 1 N–H and O–H groups in total. The topological polar surface area (TPSA) is 37.8 Å². The van der Waals surface area contributed by atoms with Crippen LogP contribution in [0.3, 0.4) is 0 Å². The van der Waals surface area contributed by atoms with E-state index in [4.69, 9.17) is 0 Å². The molecule has 0 atom stereocenters. The highest BCUT2D eigenvalue weighted by atomic mass is 32.2. The van der Waals surface area contributed by atoms with Crippen molar-refractivity contribution < 1.29 is 0 Å². The van der Waals surface area contributed by atoms with Crippen molar-refractivity contribution in [2.24, 2.45) is 5.92 Å². The molecule has 0 saturated heterocycles. The van der Waals surface area contributed by atoms with Crippen LogP contribution in [0, 0.1) is 5.92 Å². The molecule has 0 saturated carbocycles. The number of thioether (sulfide) groups is 1. The first-order chi connectivity index (χ1) is 7.79. The molecule has 90 valence electrons. The van der Waals surface area contributed by atoms with Crippen LogP contribution in [0.4, 0.5) is 0 Å². The Morgan fingerprint density at radius 1 is 1.25 bits per heavy atom. The predicted molar refractivity (Wildman–Crippen MR) is 69.7 cm³/mol. The van der Waals surface area contributed by atoms with Crippen molar-refractivity contribution >= 4 is 11.8 Å². The van der Waals surface area contributed by atoms with Crippen LogP contribution in [0.25, 0.3) is 0 Å². The average molecular weight is 239 g/mol. The SMILES string of the molecule is CC(C)CCCNCCSc1ncccn1. The van der Waals surface area contributed by atoms with Crippen molar-refractivity contribution in [3.8, 4) is 0 Å². The minimum atomic E-state index is 0.814. The fourth-order valence-electron chi connectivity index (χ4n) is 1.33. The normalized spacial score (nSPS) is 10.9. The Labute approximate surface area is 102 Å². The summed E-state index contributed by atoms with van der Waals surface area (Å²) in [6.45, 7) is 6.68. The first kappa shape index (κ1) is 13.5. The maximum absolute atomic E-state index is 4.16. The Kier molecular flexibility index (Phi) is 7.17. The molecule has 0 radical (unpaired) electrons.